The van der Waals surface area contributed by atoms with Gasteiger partial charge in [-0.05, 0) is 57.8 Å². The lowest BCUT2D eigenvalue weighted by Gasteiger charge is -2.40. The maximum atomic E-state index is 12.9. The predicted molar refractivity (Wildman–Crippen MR) is 106 cm³/mol. The van der Waals surface area contributed by atoms with Crippen LogP contribution in [0.5, 0.6) is 0 Å². The number of piperidine rings is 2. The topological polar surface area (TPSA) is 56.8 Å². The van der Waals surface area contributed by atoms with E-state index in [0.717, 1.165) is 51.3 Å². The van der Waals surface area contributed by atoms with E-state index in [1.807, 2.05) is 22.8 Å². The van der Waals surface area contributed by atoms with E-state index >= 15 is 0 Å². The van der Waals surface area contributed by atoms with Crippen molar-refractivity contribution in [3.8, 4) is 0 Å². The van der Waals surface area contributed by atoms with Crippen molar-refractivity contribution in [2.45, 2.75) is 52.0 Å². The van der Waals surface area contributed by atoms with Crippen molar-refractivity contribution in [3.05, 3.63) is 29.6 Å². The molecule has 2 aliphatic rings. The van der Waals surface area contributed by atoms with Gasteiger partial charge in [-0.3, -0.25) is 14.6 Å². The van der Waals surface area contributed by atoms with Gasteiger partial charge in [-0.2, -0.15) is 0 Å². The van der Waals surface area contributed by atoms with Gasteiger partial charge in [-0.15, -0.1) is 0 Å². The first-order valence-electron chi connectivity index (χ1n) is 10.3. The van der Waals surface area contributed by atoms with Crippen molar-refractivity contribution >= 4 is 11.8 Å². The minimum Gasteiger partial charge on any atom is -0.337 e. The van der Waals surface area contributed by atoms with E-state index < -0.39 is 0 Å². The highest BCUT2D eigenvalue weighted by Gasteiger charge is 2.30. The minimum absolute atomic E-state index is 0.0460. The number of nitrogens with zero attached hydrogens (tertiary/aromatic N) is 4. The van der Waals surface area contributed by atoms with Crippen LogP contribution >= 0.6 is 0 Å². The van der Waals surface area contributed by atoms with E-state index in [9.17, 15) is 9.59 Å². The van der Waals surface area contributed by atoms with Gasteiger partial charge in [0.1, 0.15) is 0 Å². The van der Waals surface area contributed by atoms with Gasteiger partial charge in [0, 0.05) is 56.6 Å². The highest BCUT2D eigenvalue weighted by Crippen LogP contribution is 2.19. The Morgan fingerprint density at radius 2 is 1.96 bits per heavy atom. The van der Waals surface area contributed by atoms with Crippen LogP contribution in [0.3, 0.4) is 0 Å². The van der Waals surface area contributed by atoms with Crippen molar-refractivity contribution < 1.29 is 9.59 Å². The van der Waals surface area contributed by atoms with Crippen molar-refractivity contribution in [3.63, 3.8) is 0 Å². The lowest BCUT2D eigenvalue weighted by atomic mass is 10.0. The molecule has 6 nitrogen and oxygen atoms in total. The first-order valence-corrected chi connectivity index (χ1v) is 10.3. The number of hydrogen-bond acceptors (Lipinski definition) is 4. The third kappa shape index (κ3) is 5.28. The van der Waals surface area contributed by atoms with Crippen LogP contribution < -0.4 is 0 Å². The van der Waals surface area contributed by atoms with E-state index in [4.69, 9.17) is 0 Å². The fraction of sp³-hybridized carbons (Fsp3) is 0.667. The van der Waals surface area contributed by atoms with Crippen molar-refractivity contribution in [1.82, 2.24) is 19.7 Å². The molecule has 0 N–H and O–H groups in total. The van der Waals surface area contributed by atoms with E-state index in [2.05, 4.69) is 9.88 Å². The van der Waals surface area contributed by atoms with Crippen LogP contribution in [0.25, 0.3) is 0 Å². The summed E-state index contributed by atoms with van der Waals surface area (Å²) in [5, 5.41) is 0. The van der Waals surface area contributed by atoms with Crippen LogP contribution in [-0.4, -0.2) is 76.8 Å². The van der Waals surface area contributed by atoms with Crippen LogP contribution in [0, 0.1) is 6.92 Å². The molecule has 0 saturated carbocycles. The molecule has 3 heterocycles. The molecule has 3 rings (SSSR count). The molecule has 1 unspecified atom stereocenters. The van der Waals surface area contributed by atoms with Gasteiger partial charge in [0.05, 0.1) is 0 Å². The average molecular weight is 373 g/mol. The fourth-order valence-electron chi connectivity index (χ4n) is 4.28. The molecule has 0 aromatic carbocycles. The molecule has 2 aliphatic heterocycles. The third-order valence-corrected chi connectivity index (χ3v) is 5.78. The summed E-state index contributed by atoms with van der Waals surface area (Å²) >= 11 is 0. The van der Waals surface area contributed by atoms with E-state index in [-0.39, 0.29) is 17.9 Å². The van der Waals surface area contributed by atoms with Gasteiger partial charge in [0.2, 0.25) is 5.91 Å². The number of aryl methyl sites for hydroxylation is 1. The fourth-order valence-corrected chi connectivity index (χ4v) is 4.28. The summed E-state index contributed by atoms with van der Waals surface area (Å²) in [5.74, 6) is 0.163. The molecule has 0 aliphatic carbocycles. The molecule has 2 saturated heterocycles. The Kier molecular flexibility index (Phi) is 6.83. The molecule has 1 atom stereocenters. The maximum absolute atomic E-state index is 12.9. The lowest BCUT2D eigenvalue weighted by Crippen LogP contribution is -2.53. The van der Waals surface area contributed by atoms with Gasteiger partial charge in [-0.1, -0.05) is 6.42 Å². The van der Waals surface area contributed by atoms with Gasteiger partial charge in [0.15, 0.2) is 0 Å². The minimum atomic E-state index is 0.0460. The number of aromatic nitrogens is 1. The monoisotopic (exact) mass is 372 g/mol. The summed E-state index contributed by atoms with van der Waals surface area (Å²) in [6.45, 7) is 8.92. The Morgan fingerprint density at radius 1 is 1.19 bits per heavy atom. The summed E-state index contributed by atoms with van der Waals surface area (Å²) in [6.07, 6.45) is 7.44. The van der Waals surface area contributed by atoms with Crippen LogP contribution in [-0.2, 0) is 4.79 Å². The lowest BCUT2D eigenvalue weighted by molar-refractivity contribution is -0.132. The van der Waals surface area contributed by atoms with Crippen LogP contribution in [0.2, 0.25) is 0 Å². The van der Waals surface area contributed by atoms with Crippen LogP contribution in [0.4, 0.5) is 0 Å². The summed E-state index contributed by atoms with van der Waals surface area (Å²) in [5.41, 5.74) is 1.53. The standard InChI is InChI=1S/C21H32N4O2/c1-17-15-19(8-9-22-17)21(27)24-12-6-7-20(16-24)25(18(2)26)14-13-23-10-4-3-5-11-23/h8-9,15,20H,3-7,10-14,16H2,1-2H3. The van der Waals surface area contributed by atoms with Crippen molar-refractivity contribution in [1.29, 1.82) is 0 Å². The predicted octanol–water partition coefficient (Wildman–Crippen LogP) is 2.33. The summed E-state index contributed by atoms with van der Waals surface area (Å²) < 4.78 is 0. The second-order valence-corrected chi connectivity index (χ2v) is 7.85. The normalized spacial score (nSPS) is 21.1. The first kappa shape index (κ1) is 19.8. The van der Waals surface area contributed by atoms with Crippen molar-refractivity contribution in [2.75, 3.05) is 39.3 Å². The number of carbonyl (C=O) groups excluding carboxylic acids is 2. The van der Waals surface area contributed by atoms with E-state index in [1.165, 1.54) is 19.3 Å². The highest BCUT2D eigenvalue weighted by atomic mass is 16.2. The van der Waals surface area contributed by atoms with Crippen LogP contribution in [0.15, 0.2) is 18.3 Å². The quantitative estimate of drug-likeness (QED) is 0.796. The Balaban J connectivity index is 1.61. The second kappa shape index (κ2) is 9.31. The molecule has 1 aromatic rings. The highest BCUT2D eigenvalue weighted by molar-refractivity contribution is 5.94. The zero-order valence-corrected chi connectivity index (χ0v) is 16.7. The Hall–Kier alpha value is -1.95. The Labute approximate surface area is 162 Å². The molecular weight excluding hydrogens is 340 g/mol. The van der Waals surface area contributed by atoms with Gasteiger partial charge >= 0.3 is 0 Å². The van der Waals surface area contributed by atoms with Gasteiger partial charge in [0.25, 0.3) is 5.91 Å². The van der Waals surface area contributed by atoms with Gasteiger partial charge < -0.3 is 14.7 Å². The molecule has 2 amide bonds. The third-order valence-electron chi connectivity index (χ3n) is 5.78. The number of amides is 2. The molecule has 6 heteroatoms. The molecule has 27 heavy (non-hydrogen) atoms. The zero-order chi connectivity index (χ0) is 19.2. The van der Waals surface area contributed by atoms with Crippen molar-refractivity contribution in [2.24, 2.45) is 0 Å². The van der Waals surface area contributed by atoms with E-state index in [1.54, 1.807) is 19.2 Å². The smallest absolute Gasteiger partial charge is 0.254 e. The summed E-state index contributed by atoms with van der Waals surface area (Å²) in [6, 6.07) is 3.73. The molecule has 0 spiro atoms. The SMILES string of the molecule is CC(=O)N(CCN1CCCCC1)C1CCCN(C(=O)c2ccnc(C)c2)C1. The number of hydrogen-bond donors (Lipinski definition) is 0. The Bertz CT molecular complexity index is 657. The van der Waals surface area contributed by atoms with Gasteiger partial charge in [-0.25, -0.2) is 0 Å². The molecule has 0 radical (unpaired) electrons. The summed E-state index contributed by atoms with van der Waals surface area (Å²) in [7, 11) is 0. The molecule has 2 fully saturated rings. The average Bonchev–Trinajstić information content (AvgIpc) is 2.68. The second-order valence-electron chi connectivity index (χ2n) is 7.85. The van der Waals surface area contributed by atoms with E-state index in [0.29, 0.717) is 12.1 Å². The largest absolute Gasteiger partial charge is 0.337 e. The summed E-state index contributed by atoms with van der Waals surface area (Å²) in [4.78, 5) is 35.7. The molecular formula is C21H32N4O2. The maximum Gasteiger partial charge on any atom is 0.254 e. The Morgan fingerprint density at radius 3 is 2.67 bits per heavy atom. The zero-order valence-electron chi connectivity index (χ0n) is 16.7. The molecule has 1 aromatic heterocycles. The van der Waals surface area contributed by atoms with Crippen LogP contribution in [0.1, 0.15) is 55.1 Å². The number of rotatable bonds is 5. The number of carbonyl (C=O) groups is 2. The first-order chi connectivity index (χ1) is 13.0. The number of likely N-dealkylation sites (tertiary alicyclic amines) is 2. The molecule has 148 valence electrons. The number of pyridine rings is 1. The molecule has 0 bridgehead atoms.